The number of amides is 2. The van der Waals surface area contributed by atoms with Gasteiger partial charge in [-0.3, -0.25) is 14.8 Å². The molecule has 23 heavy (non-hydrogen) atoms. The maximum absolute atomic E-state index is 12.0. The molecule has 6 heteroatoms. The van der Waals surface area contributed by atoms with Gasteiger partial charge in [0.2, 0.25) is 5.91 Å². The number of hydrogen-bond acceptors (Lipinski definition) is 4. The molecular weight excluding hydrogens is 296 g/mol. The first-order valence-corrected chi connectivity index (χ1v) is 7.03. The van der Waals surface area contributed by atoms with Crippen LogP contribution in [0.3, 0.4) is 0 Å². The van der Waals surface area contributed by atoms with E-state index in [0.717, 1.165) is 5.56 Å². The summed E-state index contributed by atoms with van der Waals surface area (Å²) in [5.74, 6) is -1.41. The molecule has 0 saturated heterocycles. The molecule has 0 aliphatic carbocycles. The van der Waals surface area contributed by atoms with Crippen LogP contribution in [-0.4, -0.2) is 30.7 Å². The Bertz CT molecular complexity index is 656. The second kappa shape index (κ2) is 8.07. The molecule has 0 spiro atoms. The van der Waals surface area contributed by atoms with Crippen molar-refractivity contribution < 1.29 is 19.5 Å². The van der Waals surface area contributed by atoms with Crippen molar-refractivity contribution in [3.05, 3.63) is 65.7 Å². The third-order valence-corrected chi connectivity index (χ3v) is 3.31. The molecule has 0 saturated carbocycles. The van der Waals surface area contributed by atoms with E-state index in [1.165, 1.54) is 7.11 Å². The van der Waals surface area contributed by atoms with Crippen LogP contribution in [0, 0.1) is 0 Å². The molecule has 0 bridgehead atoms. The fourth-order valence-corrected chi connectivity index (χ4v) is 2.29. The van der Waals surface area contributed by atoms with Gasteiger partial charge < -0.3 is 10.1 Å². The Balaban J connectivity index is 2.23. The number of nitrogens with one attached hydrogen (secondary N) is 2. The van der Waals surface area contributed by atoms with E-state index in [4.69, 9.17) is 9.94 Å². The molecule has 6 nitrogen and oxygen atoms in total. The highest BCUT2D eigenvalue weighted by Gasteiger charge is 2.22. The SMILES string of the molecule is COCC(=O)Nc1ccc(C(C(=O)NO)c2ccccc2)cc1. The van der Waals surface area contributed by atoms with Crippen molar-refractivity contribution in [2.45, 2.75) is 5.92 Å². The van der Waals surface area contributed by atoms with Gasteiger partial charge in [-0.1, -0.05) is 42.5 Å². The number of ether oxygens (including phenoxy) is 1. The second-order valence-corrected chi connectivity index (χ2v) is 4.92. The lowest BCUT2D eigenvalue weighted by molar-refractivity contribution is -0.129. The first-order chi connectivity index (χ1) is 11.2. The summed E-state index contributed by atoms with van der Waals surface area (Å²) in [4.78, 5) is 23.5. The van der Waals surface area contributed by atoms with Gasteiger partial charge in [0.1, 0.15) is 6.61 Å². The van der Waals surface area contributed by atoms with Crippen molar-refractivity contribution in [1.82, 2.24) is 5.48 Å². The average Bonchev–Trinajstić information content (AvgIpc) is 2.57. The van der Waals surface area contributed by atoms with Crippen LogP contribution in [0.1, 0.15) is 17.0 Å². The Kier molecular flexibility index (Phi) is 5.85. The lowest BCUT2D eigenvalue weighted by atomic mass is 9.90. The summed E-state index contributed by atoms with van der Waals surface area (Å²) in [7, 11) is 1.45. The smallest absolute Gasteiger partial charge is 0.255 e. The van der Waals surface area contributed by atoms with Crippen LogP contribution in [0.4, 0.5) is 5.69 Å². The minimum atomic E-state index is -0.634. The lowest BCUT2D eigenvalue weighted by Gasteiger charge is -2.16. The van der Waals surface area contributed by atoms with E-state index in [1.54, 1.807) is 29.7 Å². The highest BCUT2D eigenvalue weighted by molar-refractivity contribution is 5.92. The van der Waals surface area contributed by atoms with Crippen LogP contribution in [0.2, 0.25) is 0 Å². The van der Waals surface area contributed by atoms with Crippen molar-refractivity contribution in [3.8, 4) is 0 Å². The summed E-state index contributed by atoms with van der Waals surface area (Å²) in [6, 6.07) is 16.0. The number of rotatable bonds is 6. The lowest BCUT2D eigenvalue weighted by Crippen LogP contribution is -2.27. The summed E-state index contributed by atoms with van der Waals surface area (Å²) in [5, 5.41) is 11.7. The summed E-state index contributed by atoms with van der Waals surface area (Å²) < 4.78 is 4.75. The summed E-state index contributed by atoms with van der Waals surface area (Å²) in [6.45, 7) is -0.0265. The van der Waals surface area contributed by atoms with E-state index in [1.807, 2.05) is 30.3 Å². The Morgan fingerprint density at radius 3 is 2.22 bits per heavy atom. The van der Waals surface area contributed by atoms with Crippen LogP contribution in [0.25, 0.3) is 0 Å². The highest BCUT2D eigenvalue weighted by Crippen LogP contribution is 2.26. The van der Waals surface area contributed by atoms with Gasteiger partial charge in [0.25, 0.3) is 5.91 Å². The Hall–Kier alpha value is -2.70. The van der Waals surface area contributed by atoms with Gasteiger partial charge in [-0.25, -0.2) is 5.48 Å². The van der Waals surface area contributed by atoms with Gasteiger partial charge in [-0.2, -0.15) is 0 Å². The quantitative estimate of drug-likeness (QED) is 0.561. The Morgan fingerprint density at radius 2 is 1.65 bits per heavy atom. The van der Waals surface area contributed by atoms with Crippen LogP contribution in [-0.2, 0) is 14.3 Å². The number of carbonyl (C=O) groups is 2. The topological polar surface area (TPSA) is 87.7 Å². The van der Waals surface area contributed by atoms with E-state index in [0.29, 0.717) is 11.3 Å². The van der Waals surface area contributed by atoms with Crippen molar-refractivity contribution in [2.75, 3.05) is 19.0 Å². The minimum absolute atomic E-state index is 0.0265. The van der Waals surface area contributed by atoms with Crippen LogP contribution < -0.4 is 10.8 Å². The molecular formula is C17H18N2O4. The maximum atomic E-state index is 12.0. The third-order valence-electron chi connectivity index (χ3n) is 3.31. The molecule has 0 aromatic heterocycles. The molecule has 0 fully saturated rings. The minimum Gasteiger partial charge on any atom is -0.375 e. The van der Waals surface area contributed by atoms with Gasteiger partial charge in [0.15, 0.2) is 0 Å². The zero-order valence-corrected chi connectivity index (χ0v) is 12.7. The standard InChI is InChI=1S/C17H18N2O4/c1-23-11-15(20)18-14-9-7-13(8-10-14)16(17(21)19-22)12-5-3-2-4-6-12/h2-10,16,22H,11H2,1H3,(H,18,20)(H,19,21). The van der Waals surface area contributed by atoms with E-state index < -0.39 is 11.8 Å². The molecule has 2 amide bonds. The van der Waals surface area contributed by atoms with Crippen molar-refractivity contribution in [2.24, 2.45) is 0 Å². The van der Waals surface area contributed by atoms with Gasteiger partial charge in [0, 0.05) is 12.8 Å². The second-order valence-electron chi connectivity index (χ2n) is 4.92. The third kappa shape index (κ3) is 4.38. The van der Waals surface area contributed by atoms with Crippen molar-refractivity contribution >= 4 is 17.5 Å². The summed E-state index contributed by atoms with van der Waals surface area (Å²) >= 11 is 0. The number of hydroxylamine groups is 1. The summed E-state index contributed by atoms with van der Waals surface area (Å²) in [6.07, 6.45) is 0. The molecule has 2 aromatic carbocycles. The highest BCUT2D eigenvalue weighted by atomic mass is 16.5. The fourth-order valence-electron chi connectivity index (χ4n) is 2.29. The Labute approximate surface area is 134 Å². The molecule has 0 heterocycles. The molecule has 0 aliphatic heterocycles. The number of hydrogen-bond donors (Lipinski definition) is 3. The molecule has 0 radical (unpaired) electrons. The van der Waals surface area contributed by atoms with Gasteiger partial charge >= 0.3 is 0 Å². The van der Waals surface area contributed by atoms with E-state index in [9.17, 15) is 9.59 Å². The molecule has 1 atom stereocenters. The molecule has 2 rings (SSSR count). The normalized spacial score (nSPS) is 11.6. The average molecular weight is 314 g/mol. The van der Waals surface area contributed by atoms with Gasteiger partial charge in [-0.05, 0) is 23.3 Å². The predicted octanol–water partition coefficient (Wildman–Crippen LogP) is 1.91. The molecule has 120 valence electrons. The molecule has 2 aromatic rings. The zero-order valence-electron chi connectivity index (χ0n) is 12.7. The van der Waals surface area contributed by atoms with E-state index >= 15 is 0 Å². The Morgan fingerprint density at radius 1 is 1.04 bits per heavy atom. The van der Waals surface area contributed by atoms with Crippen LogP contribution in [0.15, 0.2) is 54.6 Å². The van der Waals surface area contributed by atoms with E-state index in [2.05, 4.69) is 5.32 Å². The summed E-state index contributed by atoms with van der Waals surface area (Å²) in [5.41, 5.74) is 3.76. The molecule has 0 aliphatic rings. The van der Waals surface area contributed by atoms with Gasteiger partial charge in [0.05, 0.1) is 5.92 Å². The number of methoxy groups -OCH3 is 1. The van der Waals surface area contributed by atoms with Crippen LogP contribution >= 0.6 is 0 Å². The van der Waals surface area contributed by atoms with Crippen molar-refractivity contribution in [3.63, 3.8) is 0 Å². The molecule has 1 unspecified atom stereocenters. The number of benzene rings is 2. The first-order valence-electron chi connectivity index (χ1n) is 7.03. The monoisotopic (exact) mass is 314 g/mol. The van der Waals surface area contributed by atoms with E-state index in [-0.39, 0.29) is 12.5 Å². The number of anilines is 1. The number of carbonyl (C=O) groups excluding carboxylic acids is 2. The van der Waals surface area contributed by atoms with Crippen LogP contribution in [0.5, 0.6) is 0 Å². The van der Waals surface area contributed by atoms with Gasteiger partial charge in [-0.15, -0.1) is 0 Å². The van der Waals surface area contributed by atoms with Crippen molar-refractivity contribution in [1.29, 1.82) is 0 Å². The fraction of sp³-hybridized carbons (Fsp3) is 0.176. The maximum Gasteiger partial charge on any atom is 0.255 e. The first kappa shape index (κ1) is 16.7. The molecule has 3 N–H and O–H groups in total. The largest absolute Gasteiger partial charge is 0.375 e. The zero-order chi connectivity index (χ0) is 16.7. The predicted molar refractivity (Wildman–Crippen MR) is 85.2 cm³/mol.